The van der Waals surface area contributed by atoms with Gasteiger partial charge in [-0.1, -0.05) is 18.2 Å². The van der Waals surface area contributed by atoms with Crippen LogP contribution in [0.1, 0.15) is 27.8 Å². The van der Waals surface area contributed by atoms with Crippen molar-refractivity contribution in [1.29, 1.82) is 0 Å². The minimum Gasteiger partial charge on any atom is -0.497 e. The monoisotopic (exact) mass is 501 g/mol. The smallest absolute Gasteiger partial charge is 0.248 e. The third kappa shape index (κ3) is 7.36. The molecule has 1 aliphatic heterocycles. The molecule has 0 saturated heterocycles. The highest BCUT2D eigenvalue weighted by Gasteiger charge is 2.21. The average Bonchev–Trinajstić information content (AvgIpc) is 2.83. The maximum atomic E-state index is 13.1. The number of ether oxygens (including phenoxy) is 2. The molecule has 0 aliphatic carbocycles. The van der Waals surface area contributed by atoms with Gasteiger partial charge in [-0.25, -0.2) is 8.51 Å². The van der Waals surface area contributed by atoms with Crippen molar-refractivity contribution in [2.75, 3.05) is 61.1 Å². The first-order valence-electron chi connectivity index (χ1n) is 12.1. The minimum absolute atomic E-state index is 0.0000339. The second kappa shape index (κ2) is 12.6. The van der Waals surface area contributed by atoms with Gasteiger partial charge in [0.2, 0.25) is 5.91 Å². The normalized spacial score (nSPS) is 14.3. The van der Waals surface area contributed by atoms with Crippen molar-refractivity contribution in [2.45, 2.75) is 38.1 Å². The third-order valence-electron chi connectivity index (χ3n) is 6.39. The van der Waals surface area contributed by atoms with Gasteiger partial charge >= 0.3 is 0 Å². The van der Waals surface area contributed by atoms with Crippen LogP contribution in [0.15, 0.2) is 35.2 Å². The lowest BCUT2D eigenvalue weighted by atomic mass is 9.96. The van der Waals surface area contributed by atoms with Crippen molar-refractivity contribution in [3.8, 4) is 5.75 Å². The van der Waals surface area contributed by atoms with E-state index in [9.17, 15) is 9.00 Å². The van der Waals surface area contributed by atoms with E-state index in [0.29, 0.717) is 26.2 Å². The highest BCUT2D eigenvalue weighted by molar-refractivity contribution is 7.82. The van der Waals surface area contributed by atoms with Crippen LogP contribution in [0.4, 0.5) is 0 Å². The Balaban J connectivity index is 1.47. The van der Waals surface area contributed by atoms with E-state index in [1.54, 1.807) is 18.5 Å². The largest absolute Gasteiger partial charge is 0.497 e. The van der Waals surface area contributed by atoms with Gasteiger partial charge in [0.15, 0.2) is 0 Å². The van der Waals surface area contributed by atoms with E-state index in [1.807, 2.05) is 30.9 Å². The van der Waals surface area contributed by atoms with Crippen LogP contribution in [0.5, 0.6) is 5.75 Å². The lowest BCUT2D eigenvalue weighted by Crippen LogP contribution is -2.38. The zero-order valence-electron chi connectivity index (χ0n) is 21.9. The Hall–Kier alpha value is -2.26. The van der Waals surface area contributed by atoms with Crippen LogP contribution in [0.3, 0.4) is 0 Å². The number of carbonyl (C=O) groups excluding carboxylic acids is 1. The first-order chi connectivity index (χ1) is 16.7. The summed E-state index contributed by atoms with van der Waals surface area (Å²) in [6.45, 7) is 7.06. The fourth-order valence-electron chi connectivity index (χ4n) is 4.32. The summed E-state index contributed by atoms with van der Waals surface area (Å²) >= 11 is 0. The van der Waals surface area contributed by atoms with E-state index in [2.05, 4.69) is 37.2 Å². The Morgan fingerprint density at radius 2 is 1.77 bits per heavy atom. The van der Waals surface area contributed by atoms with Gasteiger partial charge in [-0.2, -0.15) is 0 Å². The van der Waals surface area contributed by atoms with Crippen LogP contribution >= 0.6 is 0 Å². The molecule has 1 atom stereocenters. The van der Waals surface area contributed by atoms with Gasteiger partial charge in [0.25, 0.3) is 0 Å². The summed E-state index contributed by atoms with van der Waals surface area (Å²) in [5.41, 5.74) is 5.73. The van der Waals surface area contributed by atoms with Crippen LogP contribution in [-0.2, 0) is 39.9 Å². The molecular weight excluding hydrogens is 462 g/mol. The lowest BCUT2D eigenvalue weighted by molar-refractivity contribution is -0.137. The Bertz CT molecular complexity index is 1030. The number of amides is 1. The molecule has 35 heavy (non-hydrogen) atoms. The second-order valence-corrected chi connectivity index (χ2v) is 11.0. The molecule has 0 bridgehead atoms. The minimum atomic E-state index is -1.31. The number of benzene rings is 2. The predicted molar refractivity (Wildman–Crippen MR) is 140 cm³/mol. The number of hydrogen-bond acceptors (Lipinski definition) is 5. The van der Waals surface area contributed by atoms with Crippen molar-refractivity contribution in [1.82, 2.24) is 14.1 Å². The number of likely N-dealkylation sites (N-methyl/N-ethyl adjacent to an activating group) is 2. The zero-order valence-corrected chi connectivity index (χ0v) is 22.7. The molecule has 7 nitrogen and oxygen atoms in total. The Morgan fingerprint density at radius 3 is 2.43 bits per heavy atom. The number of rotatable bonds is 11. The molecule has 1 heterocycles. The zero-order chi connectivity index (χ0) is 25.5. The number of hydrogen-bond donors (Lipinski definition) is 0. The molecule has 192 valence electrons. The maximum Gasteiger partial charge on any atom is 0.248 e. The number of carbonyl (C=O) groups is 1. The van der Waals surface area contributed by atoms with Crippen LogP contribution < -0.4 is 4.74 Å². The Morgan fingerprint density at radius 1 is 1.06 bits per heavy atom. The molecule has 2 aromatic carbocycles. The molecule has 0 aromatic heterocycles. The van der Waals surface area contributed by atoms with E-state index in [4.69, 9.17) is 9.47 Å². The number of methoxy groups -OCH3 is 1. The topological polar surface area (TPSA) is 62.3 Å². The maximum absolute atomic E-state index is 13.1. The molecule has 2 aromatic rings. The van der Waals surface area contributed by atoms with E-state index >= 15 is 0 Å². The molecule has 1 amide bonds. The molecule has 0 fully saturated rings. The van der Waals surface area contributed by atoms with Crippen LogP contribution in [0.25, 0.3) is 0 Å². The summed E-state index contributed by atoms with van der Waals surface area (Å²) in [4.78, 5) is 17.6. The predicted octanol–water partition coefficient (Wildman–Crippen LogP) is 2.97. The molecule has 3 rings (SSSR count). The van der Waals surface area contributed by atoms with Crippen molar-refractivity contribution in [2.24, 2.45) is 0 Å². The summed E-state index contributed by atoms with van der Waals surface area (Å²) in [6, 6.07) is 10.4. The van der Waals surface area contributed by atoms with Crippen molar-refractivity contribution in [3.05, 3.63) is 58.1 Å². The fourth-order valence-corrected chi connectivity index (χ4v) is 5.54. The van der Waals surface area contributed by atoms with Gasteiger partial charge in [-0.15, -0.1) is 0 Å². The summed E-state index contributed by atoms with van der Waals surface area (Å²) in [5, 5.41) is 0. The Labute approximate surface area is 212 Å². The molecule has 0 saturated carbocycles. The van der Waals surface area contributed by atoms with Gasteiger partial charge in [0.1, 0.15) is 23.3 Å². The Kier molecular flexibility index (Phi) is 9.86. The van der Waals surface area contributed by atoms with Gasteiger partial charge in [-0.05, 0) is 80.7 Å². The van der Waals surface area contributed by atoms with Gasteiger partial charge in [-0.3, -0.25) is 4.79 Å². The molecule has 8 heteroatoms. The van der Waals surface area contributed by atoms with Crippen molar-refractivity contribution in [3.63, 3.8) is 0 Å². The molecule has 1 unspecified atom stereocenters. The first-order valence-corrected chi connectivity index (χ1v) is 13.2. The van der Waals surface area contributed by atoms with E-state index in [1.165, 1.54) is 16.7 Å². The molecule has 0 N–H and O–H groups in total. The summed E-state index contributed by atoms with van der Waals surface area (Å²) in [6.07, 6.45) is 1.87. The SMILES string of the molecule is COc1cc(C)c(S(=O)N(C)CCOCC(=O)N2CCc3ccc(CCN(C)C)cc3C2)c(C)c1. The lowest BCUT2D eigenvalue weighted by Gasteiger charge is -2.29. The standard InChI is InChI=1S/C27H39N3O4S/c1-20-15-25(33-6)16-21(2)27(20)35(32)29(5)13-14-34-19-26(31)30-12-10-23-8-7-22(9-11-28(3)4)17-24(23)18-30/h7-8,15-17H,9-14,18-19H2,1-6H3. The number of nitrogens with zero attached hydrogens (tertiary/aromatic N) is 3. The van der Waals surface area contributed by atoms with Crippen molar-refractivity contribution < 1.29 is 18.5 Å². The average molecular weight is 502 g/mol. The third-order valence-corrected chi connectivity index (χ3v) is 8.13. The molecule has 0 spiro atoms. The fraction of sp³-hybridized carbons (Fsp3) is 0.519. The highest BCUT2D eigenvalue weighted by atomic mass is 32.2. The van der Waals surface area contributed by atoms with Gasteiger partial charge < -0.3 is 19.3 Å². The van der Waals surface area contributed by atoms with Crippen LogP contribution in [0.2, 0.25) is 0 Å². The molecular formula is C27H39N3O4S. The summed E-state index contributed by atoms with van der Waals surface area (Å²) < 4.78 is 25.8. The van der Waals surface area contributed by atoms with Gasteiger partial charge in [0.05, 0.1) is 18.6 Å². The molecule has 1 aliphatic rings. The van der Waals surface area contributed by atoms with E-state index < -0.39 is 11.0 Å². The van der Waals surface area contributed by atoms with E-state index in [-0.39, 0.29) is 12.5 Å². The van der Waals surface area contributed by atoms with Crippen molar-refractivity contribution >= 4 is 16.9 Å². The molecule has 0 radical (unpaired) electrons. The number of aryl methyl sites for hydroxylation is 2. The summed E-state index contributed by atoms with van der Waals surface area (Å²) in [5.74, 6) is 0.760. The number of fused-ring (bicyclic) bond motifs is 1. The summed E-state index contributed by atoms with van der Waals surface area (Å²) in [7, 11) is 6.28. The van der Waals surface area contributed by atoms with Gasteiger partial charge in [0, 0.05) is 33.2 Å². The highest BCUT2D eigenvalue weighted by Crippen LogP contribution is 2.25. The quantitative estimate of drug-likeness (QED) is 0.443. The van der Waals surface area contributed by atoms with Crippen LogP contribution in [-0.4, -0.2) is 85.3 Å². The van der Waals surface area contributed by atoms with E-state index in [0.717, 1.165) is 41.2 Å². The first kappa shape index (κ1) is 27.3. The van der Waals surface area contributed by atoms with Crippen LogP contribution in [0, 0.1) is 13.8 Å². The second-order valence-electron chi connectivity index (χ2n) is 9.47.